The van der Waals surface area contributed by atoms with Gasteiger partial charge in [-0.25, -0.2) is 0 Å². The van der Waals surface area contributed by atoms with E-state index in [1.165, 1.54) is 12.1 Å². The lowest BCUT2D eigenvalue weighted by molar-refractivity contribution is -0.153. The fourth-order valence-corrected chi connectivity index (χ4v) is 0.871. The maximum atomic E-state index is 11.8. The van der Waals surface area contributed by atoms with Crippen LogP contribution in [0.5, 0.6) is 5.75 Å². The molecule has 0 aliphatic rings. The predicted octanol–water partition coefficient (Wildman–Crippen LogP) is 2.61. The zero-order chi connectivity index (χ0) is 10.6. The van der Waals surface area contributed by atoms with Gasteiger partial charge < -0.3 is 4.74 Å². The van der Waals surface area contributed by atoms with E-state index in [4.69, 9.17) is 6.42 Å². The van der Waals surface area contributed by atoms with Gasteiger partial charge in [-0.3, -0.25) is 0 Å². The summed E-state index contributed by atoms with van der Waals surface area (Å²) in [6.45, 7) is -1.33. The lowest BCUT2D eigenvalue weighted by Crippen LogP contribution is -2.19. The third kappa shape index (κ3) is 3.02. The highest BCUT2D eigenvalue weighted by atomic mass is 19.4. The summed E-state index contributed by atoms with van der Waals surface area (Å²) in [5.41, 5.74) is 0.316. The molecule has 0 spiro atoms. The minimum Gasteiger partial charge on any atom is -0.483 e. The number of hydrogen-bond donors (Lipinski definition) is 0. The van der Waals surface area contributed by atoms with Crippen LogP contribution >= 0.6 is 0 Å². The molecule has 0 radical (unpaired) electrons. The molecule has 0 aliphatic heterocycles. The number of hydrogen-bond acceptors (Lipinski definition) is 1. The van der Waals surface area contributed by atoms with E-state index in [0.717, 1.165) is 0 Å². The number of para-hydroxylation sites is 1. The average Bonchev–Trinajstić information content (AvgIpc) is 2.14. The molecule has 1 nitrogen and oxygen atoms in total. The predicted molar refractivity (Wildman–Crippen MR) is 45.9 cm³/mol. The third-order valence-corrected chi connectivity index (χ3v) is 1.43. The molecular weight excluding hydrogens is 193 g/mol. The van der Waals surface area contributed by atoms with Crippen LogP contribution in [0.4, 0.5) is 13.2 Å². The van der Waals surface area contributed by atoms with Crippen LogP contribution in [-0.4, -0.2) is 12.8 Å². The molecule has 0 N–H and O–H groups in total. The molecule has 0 bridgehead atoms. The van der Waals surface area contributed by atoms with Crippen LogP contribution in [0, 0.1) is 12.3 Å². The van der Waals surface area contributed by atoms with Crippen LogP contribution < -0.4 is 4.74 Å². The molecule has 0 fully saturated rings. The summed E-state index contributed by atoms with van der Waals surface area (Å²) in [4.78, 5) is 0. The summed E-state index contributed by atoms with van der Waals surface area (Å²) >= 11 is 0. The average molecular weight is 200 g/mol. The summed E-state index contributed by atoms with van der Waals surface area (Å²) < 4.78 is 39.9. The van der Waals surface area contributed by atoms with Crippen molar-refractivity contribution in [2.24, 2.45) is 0 Å². The van der Waals surface area contributed by atoms with Crippen molar-refractivity contribution in [3.8, 4) is 18.1 Å². The van der Waals surface area contributed by atoms with Crippen molar-refractivity contribution >= 4 is 0 Å². The van der Waals surface area contributed by atoms with Crippen LogP contribution in [0.2, 0.25) is 0 Å². The van der Waals surface area contributed by atoms with Crippen molar-refractivity contribution < 1.29 is 17.9 Å². The molecule has 74 valence electrons. The van der Waals surface area contributed by atoms with Crippen molar-refractivity contribution in [3.63, 3.8) is 0 Å². The normalized spacial score (nSPS) is 10.7. The number of rotatable bonds is 2. The van der Waals surface area contributed by atoms with Crippen LogP contribution in [-0.2, 0) is 0 Å². The first-order chi connectivity index (χ1) is 6.53. The Balaban J connectivity index is 2.73. The van der Waals surface area contributed by atoms with E-state index in [0.29, 0.717) is 5.56 Å². The van der Waals surface area contributed by atoms with Crippen molar-refractivity contribution in [2.45, 2.75) is 6.18 Å². The van der Waals surface area contributed by atoms with Gasteiger partial charge in [0.2, 0.25) is 0 Å². The number of halogens is 3. The van der Waals surface area contributed by atoms with Crippen molar-refractivity contribution in [1.82, 2.24) is 0 Å². The van der Waals surface area contributed by atoms with Gasteiger partial charge in [-0.15, -0.1) is 6.42 Å². The maximum absolute atomic E-state index is 11.8. The molecule has 0 saturated carbocycles. The molecule has 0 aliphatic carbocycles. The first-order valence-corrected chi connectivity index (χ1v) is 3.78. The van der Waals surface area contributed by atoms with E-state index in [1.807, 2.05) is 0 Å². The zero-order valence-electron chi connectivity index (χ0n) is 7.14. The molecule has 0 heterocycles. The van der Waals surface area contributed by atoms with Crippen LogP contribution in [0.25, 0.3) is 0 Å². The molecule has 14 heavy (non-hydrogen) atoms. The van der Waals surface area contributed by atoms with Gasteiger partial charge >= 0.3 is 6.18 Å². The standard InChI is InChI=1S/C10H7F3O/c1-2-8-5-3-4-6-9(8)14-7-10(11,12)13/h1,3-6H,7H2. The summed E-state index contributed by atoms with van der Waals surface area (Å²) in [6.07, 6.45) is 0.733. The summed E-state index contributed by atoms with van der Waals surface area (Å²) in [6, 6.07) is 6.12. The fraction of sp³-hybridized carbons (Fsp3) is 0.200. The molecule has 1 aromatic carbocycles. The van der Waals surface area contributed by atoms with Gasteiger partial charge in [-0.05, 0) is 12.1 Å². The minimum absolute atomic E-state index is 0.0762. The van der Waals surface area contributed by atoms with Gasteiger partial charge in [0.1, 0.15) is 5.75 Å². The quantitative estimate of drug-likeness (QED) is 0.667. The lowest BCUT2D eigenvalue weighted by atomic mass is 10.2. The maximum Gasteiger partial charge on any atom is 0.422 e. The van der Waals surface area contributed by atoms with Gasteiger partial charge in [-0.1, -0.05) is 18.1 Å². The molecule has 0 atom stereocenters. The lowest BCUT2D eigenvalue weighted by Gasteiger charge is -2.10. The molecular formula is C10H7F3O. The van der Waals surface area contributed by atoms with E-state index < -0.39 is 12.8 Å². The monoisotopic (exact) mass is 200 g/mol. The van der Waals surface area contributed by atoms with E-state index >= 15 is 0 Å². The topological polar surface area (TPSA) is 9.23 Å². The van der Waals surface area contributed by atoms with Gasteiger partial charge in [0, 0.05) is 0 Å². The van der Waals surface area contributed by atoms with Gasteiger partial charge in [0.25, 0.3) is 0 Å². The number of benzene rings is 1. The second-order valence-corrected chi connectivity index (χ2v) is 2.54. The van der Waals surface area contributed by atoms with Crippen LogP contribution in [0.3, 0.4) is 0 Å². The number of ether oxygens (including phenoxy) is 1. The van der Waals surface area contributed by atoms with E-state index in [2.05, 4.69) is 10.7 Å². The SMILES string of the molecule is C#Cc1ccccc1OCC(F)(F)F. The Hall–Kier alpha value is -1.63. The van der Waals surface area contributed by atoms with Crippen LogP contribution in [0.1, 0.15) is 5.56 Å². The molecule has 0 amide bonds. The molecule has 1 rings (SSSR count). The second-order valence-electron chi connectivity index (χ2n) is 2.54. The van der Waals surface area contributed by atoms with Crippen LogP contribution in [0.15, 0.2) is 24.3 Å². The highest BCUT2D eigenvalue weighted by Gasteiger charge is 2.28. The molecule has 0 unspecified atom stereocenters. The highest BCUT2D eigenvalue weighted by Crippen LogP contribution is 2.21. The Morgan fingerprint density at radius 3 is 2.50 bits per heavy atom. The van der Waals surface area contributed by atoms with Crippen molar-refractivity contribution in [3.05, 3.63) is 29.8 Å². The second kappa shape index (κ2) is 4.05. The summed E-state index contributed by atoms with van der Waals surface area (Å²) in [7, 11) is 0. The van der Waals surface area contributed by atoms with Gasteiger partial charge in [0.15, 0.2) is 6.61 Å². The van der Waals surface area contributed by atoms with E-state index in [1.54, 1.807) is 12.1 Å². The third-order valence-electron chi connectivity index (χ3n) is 1.43. The largest absolute Gasteiger partial charge is 0.483 e. The molecule has 0 aromatic heterocycles. The molecule has 1 aromatic rings. The van der Waals surface area contributed by atoms with Gasteiger partial charge in [0.05, 0.1) is 5.56 Å². The smallest absolute Gasteiger partial charge is 0.422 e. The Labute approximate surface area is 79.5 Å². The fourth-order valence-electron chi connectivity index (χ4n) is 0.871. The summed E-state index contributed by atoms with van der Waals surface area (Å²) in [5.74, 6) is 2.32. The van der Waals surface area contributed by atoms with Crippen molar-refractivity contribution in [2.75, 3.05) is 6.61 Å². The first kappa shape index (κ1) is 10.5. The Morgan fingerprint density at radius 1 is 1.29 bits per heavy atom. The highest BCUT2D eigenvalue weighted by molar-refractivity contribution is 5.44. The Kier molecular flexibility index (Phi) is 3.03. The van der Waals surface area contributed by atoms with Crippen molar-refractivity contribution in [1.29, 1.82) is 0 Å². The first-order valence-electron chi connectivity index (χ1n) is 3.78. The number of terminal acetylenes is 1. The number of alkyl halides is 3. The Morgan fingerprint density at radius 2 is 1.93 bits per heavy atom. The van der Waals surface area contributed by atoms with Gasteiger partial charge in [-0.2, -0.15) is 13.2 Å². The minimum atomic E-state index is -4.35. The van der Waals surface area contributed by atoms with E-state index in [-0.39, 0.29) is 5.75 Å². The molecule has 0 saturated heterocycles. The Bertz CT molecular complexity index is 349. The van der Waals surface area contributed by atoms with E-state index in [9.17, 15) is 13.2 Å². The zero-order valence-corrected chi connectivity index (χ0v) is 7.14. The molecule has 4 heteroatoms. The summed E-state index contributed by atoms with van der Waals surface area (Å²) in [5, 5.41) is 0.